The SMILES string of the molecule is N#CC1(C(=O)Nc2cnsc2)CC1. The van der Waals surface area contributed by atoms with Gasteiger partial charge < -0.3 is 5.32 Å². The Hall–Kier alpha value is -1.41. The van der Waals surface area contributed by atoms with Crippen LogP contribution in [0.1, 0.15) is 12.8 Å². The number of nitriles is 1. The van der Waals surface area contributed by atoms with Crippen LogP contribution in [0.25, 0.3) is 0 Å². The van der Waals surface area contributed by atoms with E-state index in [2.05, 4.69) is 9.69 Å². The first-order valence-corrected chi connectivity index (χ1v) is 4.73. The summed E-state index contributed by atoms with van der Waals surface area (Å²) in [7, 11) is 0. The predicted molar refractivity (Wildman–Crippen MR) is 48.0 cm³/mol. The summed E-state index contributed by atoms with van der Waals surface area (Å²) < 4.78 is 3.85. The fourth-order valence-electron chi connectivity index (χ4n) is 1.03. The van der Waals surface area contributed by atoms with Gasteiger partial charge in [0, 0.05) is 5.38 Å². The molecule has 1 aliphatic rings. The monoisotopic (exact) mass is 193 g/mol. The molecule has 13 heavy (non-hydrogen) atoms. The highest BCUT2D eigenvalue weighted by Crippen LogP contribution is 2.45. The number of aromatic nitrogens is 1. The topological polar surface area (TPSA) is 65.8 Å². The molecule has 0 saturated heterocycles. The number of amides is 1. The summed E-state index contributed by atoms with van der Waals surface area (Å²) in [6.45, 7) is 0. The largest absolute Gasteiger partial charge is 0.323 e. The van der Waals surface area contributed by atoms with Crippen molar-refractivity contribution in [1.29, 1.82) is 5.26 Å². The second-order valence-corrected chi connectivity index (χ2v) is 3.72. The van der Waals surface area contributed by atoms with Crippen LogP contribution in [0.2, 0.25) is 0 Å². The number of hydrogen-bond acceptors (Lipinski definition) is 4. The van der Waals surface area contributed by atoms with Gasteiger partial charge in [0.1, 0.15) is 5.41 Å². The van der Waals surface area contributed by atoms with Gasteiger partial charge in [0.05, 0.1) is 18.0 Å². The Kier molecular flexibility index (Phi) is 1.78. The quantitative estimate of drug-likeness (QED) is 0.771. The van der Waals surface area contributed by atoms with Gasteiger partial charge in [-0.1, -0.05) is 0 Å². The van der Waals surface area contributed by atoms with Crippen LogP contribution >= 0.6 is 11.5 Å². The number of nitrogens with one attached hydrogen (secondary N) is 1. The molecule has 0 unspecified atom stereocenters. The normalized spacial score (nSPS) is 17.5. The maximum Gasteiger partial charge on any atom is 0.244 e. The van der Waals surface area contributed by atoms with Gasteiger partial charge in [-0.3, -0.25) is 4.79 Å². The number of anilines is 1. The summed E-state index contributed by atoms with van der Waals surface area (Å²) in [5.41, 5.74) is -0.0707. The third kappa shape index (κ3) is 1.40. The molecule has 5 heteroatoms. The van der Waals surface area contributed by atoms with Gasteiger partial charge >= 0.3 is 0 Å². The molecule has 1 N–H and O–H groups in total. The van der Waals surface area contributed by atoms with E-state index >= 15 is 0 Å². The minimum absolute atomic E-state index is 0.199. The molecule has 0 bridgehead atoms. The van der Waals surface area contributed by atoms with Crippen molar-refractivity contribution < 1.29 is 4.79 Å². The molecule has 1 amide bonds. The average molecular weight is 193 g/mol. The second kappa shape index (κ2) is 2.82. The molecule has 0 aliphatic heterocycles. The Bertz CT molecular complexity index is 361. The standard InChI is InChI=1S/C8H7N3OS/c9-5-8(1-2-8)7(12)11-6-3-10-13-4-6/h3-4H,1-2H2,(H,11,12). The lowest BCUT2D eigenvalue weighted by Crippen LogP contribution is -2.22. The molecule has 66 valence electrons. The summed E-state index contributed by atoms with van der Waals surface area (Å²) in [6.07, 6.45) is 2.93. The van der Waals surface area contributed by atoms with Crippen molar-refractivity contribution in [1.82, 2.24) is 4.37 Å². The average Bonchev–Trinajstić information content (AvgIpc) is 2.79. The molecule has 1 aromatic rings. The molecule has 0 radical (unpaired) electrons. The first kappa shape index (κ1) is 8.20. The van der Waals surface area contributed by atoms with Crippen molar-refractivity contribution >= 4 is 23.1 Å². The molecule has 0 atom stereocenters. The van der Waals surface area contributed by atoms with Gasteiger partial charge in [-0.05, 0) is 24.4 Å². The maximum absolute atomic E-state index is 11.5. The molecule has 1 aliphatic carbocycles. The smallest absolute Gasteiger partial charge is 0.244 e. The molecular formula is C8H7N3OS. The van der Waals surface area contributed by atoms with Gasteiger partial charge in [-0.25, -0.2) is 0 Å². The van der Waals surface area contributed by atoms with E-state index in [0.29, 0.717) is 18.5 Å². The summed E-state index contributed by atoms with van der Waals surface area (Å²) in [4.78, 5) is 11.5. The highest BCUT2D eigenvalue weighted by molar-refractivity contribution is 7.04. The minimum atomic E-state index is -0.748. The first-order chi connectivity index (χ1) is 6.27. The molecule has 1 aromatic heterocycles. The van der Waals surface area contributed by atoms with Crippen LogP contribution in [0, 0.1) is 16.7 Å². The van der Waals surface area contributed by atoms with E-state index in [-0.39, 0.29) is 5.91 Å². The molecule has 4 nitrogen and oxygen atoms in total. The van der Waals surface area contributed by atoms with Gasteiger partial charge in [0.2, 0.25) is 5.91 Å². The van der Waals surface area contributed by atoms with E-state index in [4.69, 9.17) is 5.26 Å². The van der Waals surface area contributed by atoms with E-state index in [1.807, 2.05) is 6.07 Å². The van der Waals surface area contributed by atoms with E-state index in [9.17, 15) is 4.79 Å². The second-order valence-electron chi connectivity index (χ2n) is 3.06. The summed E-state index contributed by atoms with van der Waals surface area (Å²) >= 11 is 1.27. The summed E-state index contributed by atoms with van der Waals surface area (Å²) in [6, 6.07) is 2.04. The number of carbonyl (C=O) groups excluding carboxylic acids is 1. The third-order valence-corrected chi connectivity index (χ3v) is 2.68. The van der Waals surface area contributed by atoms with Crippen LogP contribution in [0.15, 0.2) is 11.6 Å². The van der Waals surface area contributed by atoms with Crippen molar-refractivity contribution in [2.24, 2.45) is 5.41 Å². The van der Waals surface area contributed by atoms with Crippen LogP contribution in [0.5, 0.6) is 0 Å². The highest BCUT2D eigenvalue weighted by Gasteiger charge is 2.50. The van der Waals surface area contributed by atoms with Crippen molar-refractivity contribution in [3.8, 4) is 6.07 Å². The summed E-state index contributed by atoms with van der Waals surface area (Å²) in [5.74, 6) is -0.199. The Balaban J connectivity index is 2.05. The lowest BCUT2D eigenvalue weighted by molar-refractivity contribution is -0.119. The van der Waals surface area contributed by atoms with Gasteiger partial charge in [-0.15, -0.1) is 0 Å². The number of nitrogens with zero attached hydrogens (tertiary/aromatic N) is 2. The zero-order valence-corrected chi connectivity index (χ0v) is 7.60. The fourth-order valence-corrected chi connectivity index (χ4v) is 1.50. The van der Waals surface area contributed by atoms with Crippen LogP contribution in [0.4, 0.5) is 5.69 Å². The van der Waals surface area contributed by atoms with E-state index in [0.717, 1.165) is 0 Å². The minimum Gasteiger partial charge on any atom is -0.323 e. The Morgan fingerprint density at radius 1 is 1.77 bits per heavy atom. The molecule has 1 heterocycles. The van der Waals surface area contributed by atoms with E-state index < -0.39 is 5.41 Å². The lowest BCUT2D eigenvalue weighted by atomic mass is 10.1. The van der Waals surface area contributed by atoms with Crippen LogP contribution in [0.3, 0.4) is 0 Å². The number of rotatable bonds is 2. The Morgan fingerprint density at radius 2 is 2.54 bits per heavy atom. The molecule has 1 fully saturated rings. The maximum atomic E-state index is 11.5. The van der Waals surface area contributed by atoms with Crippen molar-refractivity contribution in [2.75, 3.05) is 5.32 Å². The molecule has 0 aromatic carbocycles. The van der Waals surface area contributed by atoms with Crippen molar-refractivity contribution in [3.63, 3.8) is 0 Å². The van der Waals surface area contributed by atoms with Crippen LogP contribution < -0.4 is 5.32 Å². The van der Waals surface area contributed by atoms with Crippen LogP contribution in [-0.4, -0.2) is 10.3 Å². The zero-order chi connectivity index (χ0) is 9.31. The first-order valence-electron chi connectivity index (χ1n) is 3.89. The van der Waals surface area contributed by atoms with Gasteiger partial charge in [0.25, 0.3) is 0 Å². The molecular weight excluding hydrogens is 186 g/mol. The van der Waals surface area contributed by atoms with E-state index in [1.54, 1.807) is 11.6 Å². The molecule has 2 rings (SSSR count). The van der Waals surface area contributed by atoms with Crippen molar-refractivity contribution in [3.05, 3.63) is 11.6 Å². The van der Waals surface area contributed by atoms with Gasteiger partial charge in [0.15, 0.2) is 0 Å². The van der Waals surface area contributed by atoms with Gasteiger partial charge in [-0.2, -0.15) is 9.64 Å². The Morgan fingerprint density at radius 3 is 3.00 bits per heavy atom. The fraction of sp³-hybridized carbons (Fsp3) is 0.375. The third-order valence-electron chi connectivity index (χ3n) is 2.09. The highest BCUT2D eigenvalue weighted by atomic mass is 32.1. The molecule has 1 saturated carbocycles. The lowest BCUT2D eigenvalue weighted by Gasteiger charge is -2.04. The molecule has 0 spiro atoms. The Labute approximate surface area is 79.4 Å². The predicted octanol–water partition coefficient (Wildman–Crippen LogP) is 1.39. The summed E-state index contributed by atoms with van der Waals surface area (Å²) in [5, 5.41) is 13.1. The zero-order valence-electron chi connectivity index (χ0n) is 6.78. The van der Waals surface area contributed by atoms with Crippen LogP contribution in [-0.2, 0) is 4.79 Å². The van der Waals surface area contributed by atoms with E-state index in [1.165, 1.54) is 11.5 Å². The number of carbonyl (C=O) groups is 1. The number of hydrogen-bond donors (Lipinski definition) is 1. The van der Waals surface area contributed by atoms with Crippen molar-refractivity contribution in [2.45, 2.75) is 12.8 Å².